The second-order valence-corrected chi connectivity index (χ2v) is 4.68. The van der Waals surface area contributed by atoms with Crippen LogP contribution < -0.4 is 5.32 Å². The standard InChI is InChI=1S/C10H22N2O/c1-10(2,3)12-6-5-11-7-9(12)8-13-4/h9,11H,5-8H2,1-4H3. The molecular weight excluding hydrogens is 164 g/mol. The van der Waals surface area contributed by atoms with Crippen molar-refractivity contribution in [3.63, 3.8) is 0 Å². The fourth-order valence-electron chi connectivity index (χ4n) is 1.99. The number of rotatable bonds is 2. The number of methoxy groups -OCH3 is 1. The first-order chi connectivity index (χ1) is 6.05. The van der Waals surface area contributed by atoms with Gasteiger partial charge in [-0.25, -0.2) is 0 Å². The van der Waals surface area contributed by atoms with Crippen molar-refractivity contribution in [3.05, 3.63) is 0 Å². The number of hydrogen-bond donors (Lipinski definition) is 1. The Morgan fingerprint density at radius 2 is 2.15 bits per heavy atom. The summed E-state index contributed by atoms with van der Waals surface area (Å²) in [5.74, 6) is 0. The van der Waals surface area contributed by atoms with Crippen molar-refractivity contribution in [2.45, 2.75) is 32.4 Å². The van der Waals surface area contributed by atoms with Crippen LogP contribution in [0.25, 0.3) is 0 Å². The highest BCUT2D eigenvalue weighted by Crippen LogP contribution is 2.18. The number of nitrogens with one attached hydrogen (secondary N) is 1. The van der Waals surface area contributed by atoms with Gasteiger partial charge in [-0.2, -0.15) is 0 Å². The summed E-state index contributed by atoms with van der Waals surface area (Å²) in [5.41, 5.74) is 0.255. The molecule has 78 valence electrons. The van der Waals surface area contributed by atoms with Gasteiger partial charge in [0, 0.05) is 38.3 Å². The zero-order valence-electron chi connectivity index (χ0n) is 9.26. The van der Waals surface area contributed by atoms with Crippen molar-refractivity contribution < 1.29 is 4.74 Å². The predicted molar refractivity (Wildman–Crippen MR) is 55.0 cm³/mol. The van der Waals surface area contributed by atoms with Crippen LogP contribution in [0.1, 0.15) is 20.8 Å². The lowest BCUT2D eigenvalue weighted by Gasteiger charge is -2.44. The minimum Gasteiger partial charge on any atom is -0.383 e. The van der Waals surface area contributed by atoms with Crippen LogP contribution >= 0.6 is 0 Å². The second kappa shape index (κ2) is 4.40. The van der Waals surface area contributed by atoms with E-state index < -0.39 is 0 Å². The maximum atomic E-state index is 5.23. The van der Waals surface area contributed by atoms with E-state index in [-0.39, 0.29) is 5.54 Å². The third-order valence-corrected chi connectivity index (χ3v) is 2.57. The van der Waals surface area contributed by atoms with Gasteiger partial charge >= 0.3 is 0 Å². The van der Waals surface area contributed by atoms with E-state index in [0.29, 0.717) is 6.04 Å². The van der Waals surface area contributed by atoms with E-state index in [1.807, 2.05) is 0 Å². The Hall–Kier alpha value is -0.120. The summed E-state index contributed by atoms with van der Waals surface area (Å²) in [6.07, 6.45) is 0. The molecule has 0 aromatic heterocycles. The van der Waals surface area contributed by atoms with E-state index in [4.69, 9.17) is 4.74 Å². The molecule has 0 amide bonds. The van der Waals surface area contributed by atoms with Crippen LogP contribution in [0.2, 0.25) is 0 Å². The number of piperazine rings is 1. The molecule has 3 nitrogen and oxygen atoms in total. The van der Waals surface area contributed by atoms with E-state index in [1.54, 1.807) is 7.11 Å². The number of nitrogens with zero attached hydrogens (tertiary/aromatic N) is 1. The van der Waals surface area contributed by atoms with Crippen LogP contribution in [-0.4, -0.2) is 49.8 Å². The molecule has 0 bridgehead atoms. The van der Waals surface area contributed by atoms with E-state index >= 15 is 0 Å². The highest BCUT2D eigenvalue weighted by Gasteiger charge is 2.30. The summed E-state index contributed by atoms with van der Waals surface area (Å²) < 4.78 is 5.23. The number of hydrogen-bond acceptors (Lipinski definition) is 3. The molecule has 1 saturated heterocycles. The van der Waals surface area contributed by atoms with Crippen LogP contribution in [0.3, 0.4) is 0 Å². The normalized spacial score (nSPS) is 26.3. The van der Waals surface area contributed by atoms with Crippen LogP contribution in [0.5, 0.6) is 0 Å². The van der Waals surface area contributed by atoms with E-state index in [0.717, 1.165) is 26.2 Å². The first-order valence-electron chi connectivity index (χ1n) is 5.02. The van der Waals surface area contributed by atoms with Gasteiger partial charge in [-0.3, -0.25) is 4.90 Å². The average molecular weight is 186 g/mol. The van der Waals surface area contributed by atoms with Crippen molar-refractivity contribution >= 4 is 0 Å². The third kappa shape index (κ3) is 2.93. The Balaban J connectivity index is 2.56. The Bertz CT molecular complexity index is 151. The summed E-state index contributed by atoms with van der Waals surface area (Å²) in [5, 5.41) is 3.40. The molecule has 0 saturated carbocycles. The average Bonchev–Trinajstić information content (AvgIpc) is 2.04. The fraction of sp³-hybridized carbons (Fsp3) is 1.00. The van der Waals surface area contributed by atoms with Gasteiger partial charge in [-0.15, -0.1) is 0 Å². The van der Waals surface area contributed by atoms with Crippen molar-refractivity contribution in [3.8, 4) is 0 Å². The summed E-state index contributed by atoms with van der Waals surface area (Å²) in [6, 6.07) is 0.527. The highest BCUT2D eigenvalue weighted by molar-refractivity contribution is 4.87. The first-order valence-corrected chi connectivity index (χ1v) is 5.02. The Labute approximate surface area is 81.4 Å². The molecule has 1 fully saturated rings. The fourth-order valence-corrected chi connectivity index (χ4v) is 1.99. The summed E-state index contributed by atoms with van der Waals surface area (Å²) in [4.78, 5) is 2.52. The summed E-state index contributed by atoms with van der Waals surface area (Å²) in [7, 11) is 1.77. The van der Waals surface area contributed by atoms with Gasteiger partial charge in [0.25, 0.3) is 0 Å². The second-order valence-electron chi connectivity index (χ2n) is 4.68. The van der Waals surface area contributed by atoms with Crippen molar-refractivity contribution in [2.24, 2.45) is 0 Å². The Morgan fingerprint density at radius 3 is 2.69 bits per heavy atom. The van der Waals surface area contributed by atoms with Gasteiger partial charge in [0.15, 0.2) is 0 Å². The lowest BCUT2D eigenvalue weighted by molar-refractivity contribution is 0.0158. The van der Waals surface area contributed by atoms with Crippen LogP contribution in [-0.2, 0) is 4.74 Å². The molecule has 0 aromatic rings. The molecule has 1 heterocycles. The first kappa shape index (κ1) is 11.0. The van der Waals surface area contributed by atoms with E-state index in [9.17, 15) is 0 Å². The molecule has 1 rings (SSSR count). The molecule has 13 heavy (non-hydrogen) atoms. The highest BCUT2D eigenvalue weighted by atomic mass is 16.5. The summed E-state index contributed by atoms with van der Waals surface area (Å²) >= 11 is 0. The molecule has 0 spiro atoms. The molecule has 1 unspecified atom stereocenters. The third-order valence-electron chi connectivity index (χ3n) is 2.57. The minimum atomic E-state index is 0.255. The minimum absolute atomic E-state index is 0.255. The van der Waals surface area contributed by atoms with Crippen LogP contribution in [0.4, 0.5) is 0 Å². The van der Waals surface area contributed by atoms with Gasteiger partial charge in [0.05, 0.1) is 6.61 Å². The molecule has 0 radical (unpaired) electrons. The lowest BCUT2D eigenvalue weighted by Crippen LogP contribution is -2.59. The molecule has 3 heteroatoms. The van der Waals surface area contributed by atoms with Crippen molar-refractivity contribution in [1.82, 2.24) is 10.2 Å². The van der Waals surface area contributed by atoms with Crippen LogP contribution in [0, 0.1) is 0 Å². The smallest absolute Gasteiger partial charge is 0.0630 e. The van der Waals surface area contributed by atoms with Crippen molar-refractivity contribution in [1.29, 1.82) is 0 Å². The summed E-state index contributed by atoms with van der Waals surface area (Å²) in [6.45, 7) is 10.9. The maximum absolute atomic E-state index is 5.23. The number of ether oxygens (including phenoxy) is 1. The lowest BCUT2D eigenvalue weighted by atomic mass is 10.0. The van der Waals surface area contributed by atoms with Gasteiger partial charge in [-0.05, 0) is 20.8 Å². The monoisotopic (exact) mass is 186 g/mol. The quantitative estimate of drug-likeness (QED) is 0.687. The zero-order chi connectivity index (χ0) is 9.90. The maximum Gasteiger partial charge on any atom is 0.0630 e. The van der Waals surface area contributed by atoms with Gasteiger partial charge in [0.1, 0.15) is 0 Å². The van der Waals surface area contributed by atoms with E-state index in [1.165, 1.54) is 0 Å². The Morgan fingerprint density at radius 1 is 1.46 bits per heavy atom. The zero-order valence-corrected chi connectivity index (χ0v) is 9.26. The Kier molecular flexibility index (Phi) is 3.71. The van der Waals surface area contributed by atoms with Gasteiger partial charge in [-0.1, -0.05) is 0 Å². The van der Waals surface area contributed by atoms with Crippen molar-refractivity contribution in [2.75, 3.05) is 33.4 Å². The topological polar surface area (TPSA) is 24.5 Å². The molecule has 1 aliphatic heterocycles. The van der Waals surface area contributed by atoms with E-state index in [2.05, 4.69) is 31.0 Å². The van der Waals surface area contributed by atoms with Gasteiger partial charge in [0.2, 0.25) is 0 Å². The molecule has 1 N–H and O–H groups in total. The molecular formula is C10H22N2O. The largest absolute Gasteiger partial charge is 0.383 e. The molecule has 0 aromatic carbocycles. The molecule has 1 atom stereocenters. The molecule has 0 aliphatic carbocycles. The SMILES string of the molecule is COCC1CNCCN1C(C)(C)C. The molecule has 1 aliphatic rings. The van der Waals surface area contributed by atoms with Gasteiger partial charge < -0.3 is 10.1 Å². The predicted octanol–water partition coefficient (Wildman–Crippen LogP) is 0.705. The van der Waals surface area contributed by atoms with Crippen LogP contribution in [0.15, 0.2) is 0 Å².